The number of nitrogens with zero attached hydrogens (tertiary/aromatic N) is 3. The second kappa shape index (κ2) is 13.7. The monoisotopic (exact) mass is 649 g/mol. The molecule has 11 nitrogen and oxygen atoms in total. The molecule has 0 spiro atoms. The topological polar surface area (TPSA) is 140 Å². The highest BCUT2D eigenvalue weighted by atomic mass is 32.2. The fourth-order valence-electron chi connectivity index (χ4n) is 6.21. The Kier molecular flexibility index (Phi) is 9.85. The molecule has 1 fully saturated rings. The Labute approximate surface area is 271 Å². The van der Waals surface area contributed by atoms with Gasteiger partial charge in [-0.3, -0.25) is 4.79 Å². The van der Waals surface area contributed by atoms with Crippen molar-refractivity contribution < 1.29 is 27.5 Å². The number of nitrogens with one attached hydrogen (secondary N) is 2. The molecule has 0 radical (unpaired) electrons. The summed E-state index contributed by atoms with van der Waals surface area (Å²) in [5.41, 5.74) is 3.61. The number of hydrogen-bond acceptors (Lipinski definition) is 8. The number of benzene rings is 2. The number of fused-ring (bicyclic) bond motifs is 4. The first-order valence-electron chi connectivity index (χ1n) is 15.8. The summed E-state index contributed by atoms with van der Waals surface area (Å²) in [5.74, 6) is 0.228. The lowest BCUT2D eigenvalue weighted by atomic mass is 9.78. The van der Waals surface area contributed by atoms with Gasteiger partial charge in [0.05, 0.1) is 22.7 Å². The second-order valence-corrected chi connectivity index (χ2v) is 14.6. The van der Waals surface area contributed by atoms with Gasteiger partial charge in [-0.05, 0) is 88.1 Å². The summed E-state index contributed by atoms with van der Waals surface area (Å²) < 4.78 is 41.2. The number of sulfonamides is 1. The Bertz CT molecular complexity index is 1680. The Hall–Kier alpha value is -4.19. The number of carbonyl (C=O) groups excluding carboxylic acids is 2. The molecule has 4 bridgehead atoms. The van der Waals surface area contributed by atoms with Gasteiger partial charge >= 0.3 is 6.09 Å². The smallest absolute Gasteiger partial charge is 0.407 e. The third kappa shape index (κ3) is 7.60. The summed E-state index contributed by atoms with van der Waals surface area (Å²) in [7, 11) is -4.15. The molecule has 246 valence electrons. The molecule has 1 atom stereocenters. The Morgan fingerprint density at radius 1 is 1.07 bits per heavy atom. The zero-order chi connectivity index (χ0) is 33.2. The zero-order valence-corrected chi connectivity index (χ0v) is 28.1. The number of alkyl carbamates (subject to hydrolysis) is 1. The Balaban J connectivity index is 1.52. The summed E-state index contributed by atoms with van der Waals surface area (Å²) in [6.45, 7) is 12.3. The van der Waals surface area contributed by atoms with E-state index in [4.69, 9.17) is 9.47 Å². The van der Waals surface area contributed by atoms with Gasteiger partial charge in [0.1, 0.15) is 6.61 Å². The van der Waals surface area contributed by atoms with Crippen molar-refractivity contribution in [2.75, 3.05) is 17.9 Å². The molecule has 3 aromatic rings. The van der Waals surface area contributed by atoms with E-state index < -0.39 is 16.1 Å². The first-order valence-corrected chi connectivity index (χ1v) is 17.3. The summed E-state index contributed by atoms with van der Waals surface area (Å²) in [6, 6.07) is 13.2. The lowest BCUT2D eigenvalue weighted by Crippen LogP contribution is -2.56. The summed E-state index contributed by atoms with van der Waals surface area (Å²) in [4.78, 5) is 37.1. The minimum atomic E-state index is -4.15. The largest absolute Gasteiger partial charge is 0.475 e. The van der Waals surface area contributed by atoms with Crippen molar-refractivity contribution in [3.63, 3.8) is 0 Å². The summed E-state index contributed by atoms with van der Waals surface area (Å²) in [6.07, 6.45) is 1.34. The average Bonchev–Trinajstić information content (AvgIpc) is 2.95. The van der Waals surface area contributed by atoms with E-state index in [1.54, 1.807) is 32.0 Å². The molecule has 2 aliphatic rings. The maximum atomic E-state index is 14.3. The van der Waals surface area contributed by atoms with Gasteiger partial charge in [0.15, 0.2) is 0 Å². The summed E-state index contributed by atoms with van der Waals surface area (Å²) in [5, 5.41) is 2.82. The van der Waals surface area contributed by atoms with Crippen molar-refractivity contribution in [1.29, 1.82) is 0 Å². The van der Waals surface area contributed by atoms with Crippen molar-refractivity contribution in [1.82, 2.24) is 20.2 Å². The fraction of sp³-hybridized carbons (Fsp3) is 0.471. The van der Waals surface area contributed by atoms with Crippen LogP contribution >= 0.6 is 0 Å². The Morgan fingerprint density at radius 3 is 2.43 bits per heavy atom. The van der Waals surface area contributed by atoms with E-state index in [0.717, 1.165) is 16.7 Å². The standard InChI is InChI=1S/C34H43N5O6S/c1-20(2)13-27-19-44-30-17-29(31-22(5)9-7-10-23(31)6)36-33(37-30)38-46(42,43)28-12-8-11-25(16-28)32(40)39(27)26-14-24(15-26)18-35-34(41)45-21(3)4/h7-12,16-17,20-21,24,26-27H,13-15,18-19H2,1-6H3,(H,35,41)(H,36,37,38)/t24-,26+,27-/m1/s1. The molecule has 12 heteroatoms. The molecule has 0 saturated heterocycles. The maximum absolute atomic E-state index is 14.3. The van der Waals surface area contributed by atoms with E-state index in [9.17, 15) is 18.0 Å². The number of aryl methyl sites for hydroxylation is 2. The molecule has 2 amide bonds. The van der Waals surface area contributed by atoms with E-state index in [-0.39, 0.29) is 64.8 Å². The lowest BCUT2D eigenvalue weighted by Gasteiger charge is -2.47. The van der Waals surface area contributed by atoms with Crippen LogP contribution in [-0.4, -0.2) is 66.6 Å². The van der Waals surface area contributed by atoms with Crippen molar-refractivity contribution >= 4 is 28.0 Å². The molecular weight excluding hydrogens is 606 g/mol. The number of carbonyl (C=O) groups is 2. The molecule has 1 aromatic heterocycles. The highest BCUT2D eigenvalue weighted by Crippen LogP contribution is 2.36. The first kappa shape index (κ1) is 33.2. The van der Waals surface area contributed by atoms with Crippen LogP contribution in [-0.2, 0) is 14.8 Å². The van der Waals surface area contributed by atoms with Crippen LogP contribution in [0.3, 0.4) is 0 Å². The van der Waals surface area contributed by atoms with E-state index in [1.165, 1.54) is 12.1 Å². The quantitative estimate of drug-likeness (QED) is 0.331. The molecule has 1 aliphatic carbocycles. The van der Waals surface area contributed by atoms with E-state index >= 15 is 0 Å². The van der Waals surface area contributed by atoms with Crippen molar-refractivity contribution in [2.45, 2.75) is 83.9 Å². The van der Waals surface area contributed by atoms with Crippen LogP contribution in [0.5, 0.6) is 5.88 Å². The molecule has 1 saturated carbocycles. The predicted molar refractivity (Wildman–Crippen MR) is 175 cm³/mol. The van der Waals surface area contributed by atoms with Crippen LogP contribution in [0.1, 0.15) is 68.4 Å². The summed E-state index contributed by atoms with van der Waals surface area (Å²) >= 11 is 0. The first-order chi connectivity index (χ1) is 21.8. The van der Waals surface area contributed by atoms with Gasteiger partial charge in [-0.1, -0.05) is 38.1 Å². The van der Waals surface area contributed by atoms with Gasteiger partial charge in [0.2, 0.25) is 11.8 Å². The van der Waals surface area contributed by atoms with Crippen molar-refractivity contribution in [3.05, 3.63) is 65.2 Å². The van der Waals surface area contributed by atoms with Crippen LogP contribution in [0.4, 0.5) is 10.7 Å². The number of rotatable bonds is 7. The van der Waals surface area contributed by atoms with E-state index in [1.807, 2.05) is 36.9 Å². The van der Waals surface area contributed by atoms with Gasteiger partial charge in [0.25, 0.3) is 15.9 Å². The number of ether oxygens (including phenoxy) is 2. The normalized spacial score (nSPS) is 20.8. The van der Waals surface area contributed by atoms with Crippen molar-refractivity contribution in [3.8, 4) is 17.1 Å². The number of hydrogen-bond donors (Lipinski definition) is 2. The van der Waals surface area contributed by atoms with Gasteiger partial charge in [0, 0.05) is 29.8 Å². The average molecular weight is 650 g/mol. The number of aromatic nitrogens is 2. The number of anilines is 1. The predicted octanol–water partition coefficient (Wildman–Crippen LogP) is 5.72. The van der Waals surface area contributed by atoms with Gasteiger partial charge < -0.3 is 19.7 Å². The minimum Gasteiger partial charge on any atom is -0.475 e. The van der Waals surface area contributed by atoms with Gasteiger partial charge in [-0.2, -0.15) is 4.98 Å². The molecule has 2 heterocycles. The Morgan fingerprint density at radius 2 is 1.76 bits per heavy atom. The SMILES string of the molecule is Cc1cccc(C)c1-c1cc2nc(n1)NS(=O)(=O)c1cccc(c1)C(=O)N([C@H]1C[C@@H](CNC(=O)OC(C)C)C1)[C@H](CC(C)C)CO2. The van der Waals surface area contributed by atoms with Crippen molar-refractivity contribution in [2.24, 2.45) is 11.8 Å². The molecule has 46 heavy (non-hydrogen) atoms. The molecule has 2 N–H and O–H groups in total. The van der Waals surface area contributed by atoms with Gasteiger partial charge in [-0.25, -0.2) is 22.9 Å². The van der Waals surface area contributed by atoms with Crippen LogP contribution < -0.4 is 14.8 Å². The van der Waals surface area contributed by atoms with E-state index in [2.05, 4.69) is 33.9 Å². The van der Waals surface area contributed by atoms with E-state index in [0.29, 0.717) is 31.5 Å². The third-order valence-corrected chi connectivity index (χ3v) is 9.66. The number of amides is 2. The molecule has 0 unspecified atom stereocenters. The highest BCUT2D eigenvalue weighted by molar-refractivity contribution is 7.92. The van der Waals surface area contributed by atoms with Crippen LogP contribution in [0.2, 0.25) is 0 Å². The lowest BCUT2D eigenvalue weighted by molar-refractivity contribution is 0.0142. The zero-order valence-electron chi connectivity index (χ0n) is 27.2. The van der Waals surface area contributed by atoms with Crippen LogP contribution in [0.25, 0.3) is 11.3 Å². The molecular formula is C34H43N5O6S. The van der Waals surface area contributed by atoms with Gasteiger partial charge in [-0.15, -0.1) is 0 Å². The second-order valence-electron chi connectivity index (χ2n) is 12.9. The highest BCUT2D eigenvalue weighted by Gasteiger charge is 2.41. The van der Waals surface area contributed by atoms with Crippen LogP contribution in [0, 0.1) is 25.7 Å². The maximum Gasteiger partial charge on any atom is 0.407 e. The van der Waals surface area contributed by atoms with Crippen LogP contribution in [0.15, 0.2) is 53.4 Å². The molecule has 5 rings (SSSR count). The third-order valence-electron chi connectivity index (χ3n) is 8.33. The minimum absolute atomic E-state index is 0.0687. The fourth-order valence-corrected chi connectivity index (χ4v) is 7.20. The molecule has 2 aromatic carbocycles. The molecule has 1 aliphatic heterocycles.